The molecule has 3 heteroatoms. The lowest BCUT2D eigenvalue weighted by Gasteiger charge is -2.14. The molecule has 0 aliphatic rings. The van der Waals surface area contributed by atoms with Crippen molar-refractivity contribution in [2.24, 2.45) is 5.41 Å². The molecule has 0 radical (unpaired) electrons. The lowest BCUT2D eigenvalue weighted by molar-refractivity contribution is -0.147. The second-order valence-electron chi connectivity index (χ2n) is 2.54. The summed E-state index contributed by atoms with van der Waals surface area (Å²) >= 11 is 0. The highest BCUT2D eigenvalue weighted by Crippen LogP contribution is 2.18. The molecule has 0 atom stereocenters. The first kappa shape index (κ1) is 11.5. The molecule has 0 aromatic heterocycles. The summed E-state index contributed by atoms with van der Waals surface area (Å²) in [7, 11) is 0. The Morgan fingerprint density at radius 2 is 1.89 bits per heavy atom. The summed E-state index contributed by atoms with van der Waals surface area (Å²) in [5.41, 5.74) is -0.542. The van der Waals surface area contributed by atoms with E-state index in [1.807, 2.05) is 6.92 Å². The quantitative estimate of drug-likeness (QED) is 0.657. The van der Waals surface area contributed by atoms with Crippen LogP contribution in [0.2, 0.25) is 0 Å². The van der Waals surface area contributed by atoms with Gasteiger partial charge in [0.15, 0.2) is 0 Å². The zero-order valence-electron chi connectivity index (χ0n) is 5.97. The van der Waals surface area contributed by atoms with Crippen molar-refractivity contribution in [1.82, 2.24) is 0 Å². The van der Waals surface area contributed by atoms with Crippen LogP contribution in [0.3, 0.4) is 0 Å². The third-order valence-electron chi connectivity index (χ3n) is 1.46. The molecule has 0 bridgehead atoms. The summed E-state index contributed by atoms with van der Waals surface area (Å²) in [5.74, 6) is -0.722. The minimum absolute atomic E-state index is 0. The zero-order valence-corrected chi connectivity index (χ0v) is 6.79. The van der Waals surface area contributed by atoms with Crippen molar-refractivity contribution in [2.45, 2.75) is 27.2 Å². The Balaban J connectivity index is 0. The van der Waals surface area contributed by atoms with E-state index in [0.717, 1.165) is 0 Å². The highest BCUT2D eigenvalue weighted by atomic mass is 35.5. The molecule has 56 valence electrons. The molecule has 0 fully saturated rings. The molecule has 9 heavy (non-hydrogen) atoms. The number of hydrogen-bond acceptors (Lipinski definition) is 1. The minimum Gasteiger partial charge on any atom is -0.481 e. The summed E-state index contributed by atoms with van der Waals surface area (Å²) in [6, 6.07) is 0. The van der Waals surface area contributed by atoms with Gasteiger partial charge < -0.3 is 5.11 Å². The first-order valence-electron chi connectivity index (χ1n) is 2.74. The molecular weight excluding hydrogens is 140 g/mol. The summed E-state index contributed by atoms with van der Waals surface area (Å²) in [4.78, 5) is 10.3. The topological polar surface area (TPSA) is 37.3 Å². The number of aliphatic carboxylic acids is 1. The van der Waals surface area contributed by atoms with Gasteiger partial charge in [-0.3, -0.25) is 4.79 Å². The van der Waals surface area contributed by atoms with Crippen LogP contribution >= 0.6 is 12.4 Å². The van der Waals surface area contributed by atoms with Gasteiger partial charge in [-0.15, -0.1) is 12.4 Å². The number of hydrogen-bond donors (Lipinski definition) is 1. The van der Waals surface area contributed by atoms with E-state index < -0.39 is 11.4 Å². The SMILES string of the molecule is CCC(C)(C)C(=O)O.Cl. The molecule has 0 saturated heterocycles. The van der Waals surface area contributed by atoms with Gasteiger partial charge in [0.1, 0.15) is 0 Å². The van der Waals surface area contributed by atoms with E-state index in [2.05, 4.69) is 0 Å². The number of halogens is 1. The third kappa shape index (κ3) is 3.36. The number of rotatable bonds is 2. The van der Waals surface area contributed by atoms with Gasteiger partial charge in [-0.05, 0) is 20.3 Å². The van der Waals surface area contributed by atoms with Gasteiger partial charge in [0.25, 0.3) is 0 Å². The molecule has 0 aliphatic carbocycles. The van der Waals surface area contributed by atoms with E-state index in [0.29, 0.717) is 6.42 Å². The van der Waals surface area contributed by atoms with Crippen molar-refractivity contribution in [3.05, 3.63) is 0 Å². The average Bonchev–Trinajstić information content (AvgIpc) is 1.67. The zero-order chi connectivity index (χ0) is 6.78. The van der Waals surface area contributed by atoms with Crippen LogP contribution in [0.5, 0.6) is 0 Å². The normalized spacial score (nSPS) is 10.1. The van der Waals surface area contributed by atoms with E-state index in [-0.39, 0.29) is 12.4 Å². The monoisotopic (exact) mass is 152 g/mol. The van der Waals surface area contributed by atoms with E-state index in [9.17, 15) is 4.79 Å². The van der Waals surface area contributed by atoms with Crippen molar-refractivity contribution in [3.8, 4) is 0 Å². The van der Waals surface area contributed by atoms with Crippen LogP contribution in [0.1, 0.15) is 27.2 Å². The molecule has 0 rings (SSSR count). The maximum Gasteiger partial charge on any atom is 0.309 e. The highest BCUT2D eigenvalue weighted by Gasteiger charge is 2.23. The molecule has 1 N–H and O–H groups in total. The van der Waals surface area contributed by atoms with Crippen LogP contribution in [-0.2, 0) is 4.79 Å². The molecule has 0 saturated carbocycles. The van der Waals surface area contributed by atoms with Gasteiger partial charge in [-0.25, -0.2) is 0 Å². The second-order valence-corrected chi connectivity index (χ2v) is 2.54. The van der Waals surface area contributed by atoms with E-state index in [4.69, 9.17) is 5.11 Å². The van der Waals surface area contributed by atoms with Crippen molar-refractivity contribution in [3.63, 3.8) is 0 Å². The molecule has 0 unspecified atom stereocenters. The predicted molar refractivity (Wildman–Crippen MR) is 39.0 cm³/mol. The van der Waals surface area contributed by atoms with E-state index in [1.54, 1.807) is 13.8 Å². The van der Waals surface area contributed by atoms with Gasteiger partial charge in [0.05, 0.1) is 5.41 Å². The predicted octanol–water partition coefficient (Wildman–Crippen LogP) is 1.93. The summed E-state index contributed by atoms with van der Waals surface area (Å²) in [6.07, 6.45) is 0.683. The van der Waals surface area contributed by atoms with Gasteiger partial charge in [-0.2, -0.15) is 0 Å². The van der Waals surface area contributed by atoms with E-state index >= 15 is 0 Å². The Bertz CT molecular complexity index is 99.2. The Labute approximate surface area is 61.7 Å². The molecule has 0 heterocycles. The first-order chi connectivity index (χ1) is 3.50. The van der Waals surface area contributed by atoms with Crippen molar-refractivity contribution < 1.29 is 9.90 Å². The molecule has 0 aromatic rings. The summed E-state index contributed by atoms with van der Waals surface area (Å²) < 4.78 is 0. The van der Waals surface area contributed by atoms with Crippen LogP contribution in [0.25, 0.3) is 0 Å². The fraction of sp³-hybridized carbons (Fsp3) is 0.833. The molecule has 0 aromatic carbocycles. The van der Waals surface area contributed by atoms with Crippen LogP contribution in [0, 0.1) is 5.41 Å². The second kappa shape index (κ2) is 3.72. The number of carboxylic acid groups (broad SMARTS) is 1. The Morgan fingerprint density at radius 3 is 1.89 bits per heavy atom. The molecular formula is C6H13ClO2. The average molecular weight is 153 g/mol. The Kier molecular flexibility index (Phi) is 4.77. The summed E-state index contributed by atoms with van der Waals surface area (Å²) in [6.45, 7) is 5.30. The maximum atomic E-state index is 10.3. The minimum atomic E-state index is -0.722. The van der Waals surface area contributed by atoms with Crippen LogP contribution in [0.15, 0.2) is 0 Å². The van der Waals surface area contributed by atoms with Crippen molar-refractivity contribution >= 4 is 18.4 Å². The fourth-order valence-corrected chi connectivity index (χ4v) is 0.151. The standard InChI is InChI=1S/C6H12O2.ClH/c1-4-6(2,3)5(7)8;/h4H2,1-3H3,(H,7,8);1H. The van der Waals surface area contributed by atoms with Gasteiger partial charge in [-0.1, -0.05) is 6.92 Å². The lowest BCUT2D eigenvalue weighted by atomic mass is 9.91. The largest absolute Gasteiger partial charge is 0.481 e. The van der Waals surface area contributed by atoms with Gasteiger partial charge in [0, 0.05) is 0 Å². The first-order valence-corrected chi connectivity index (χ1v) is 2.74. The van der Waals surface area contributed by atoms with Crippen molar-refractivity contribution in [1.29, 1.82) is 0 Å². The molecule has 2 nitrogen and oxygen atoms in total. The van der Waals surface area contributed by atoms with Gasteiger partial charge >= 0.3 is 5.97 Å². The van der Waals surface area contributed by atoms with Gasteiger partial charge in [0.2, 0.25) is 0 Å². The summed E-state index contributed by atoms with van der Waals surface area (Å²) in [5, 5.41) is 8.44. The number of carbonyl (C=O) groups is 1. The third-order valence-corrected chi connectivity index (χ3v) is 1.46. The Morgan fingerprint density at radius 1 is 1.56 bits per heavy atom. The molecule has 0 spiro atoms. The van der Waals surface area contributed by atoms with Crippen LogP contribution < -0.4 is 0 Å². The van der Waals surface area contributed by atoms with Crippen LogP contribution in [0.4, 0.5) is 0 Å². The van der Waals surface area contributed by atoms with Crippen molar-refractivity contribution in [2.75, 3.05) is 0 Å². The smallest absolute Gasteiger partial charge is 0.309 e. The fourth-order valence-electron chi connectivity index (χ4n) is 0.151. The van der Waals surface area contributed by atoms with E-state index in [1.165, 1.54) is 0 Å². The Hall–Kier alpha value is -0.240. The maximum absolute atomic E-state index is 10.3. The van der Waals surface area contributed by atoms with Crippen LogP contribution in [-0.4, -0.2) is 11.1 Å². The lowest BCUT2D eigenvalue weighted by Crippen LogP contribution is -2.21. The number of carboxylic acids is 1. The molecule has 0 amide bonds. The molecule has 0 aliphatic heterocycles. The highest BCUT2D eigenvalue weighted by molar-refractivity contribution is 5.85.